The highest BCUT2D eigenvalue weighted by atomic mass is 35.5. The van der Waals surface area contributed by atoms with Gasteiger partial charge in [0, 0.05) is 6.61 Å². The number of rotatable bonds is 7. The fourth-order valence-corrected chi connectivity index (χ4v) is 0.950. The van der Waals surface area contributed by atoms with Crippen LogP contribution in [0.1, 0.15) is 26.2 Å². The van der Waals surface area contributed by atoms with Crippen LogP contribution in [0.15, 0.2) is 12.7 Å². The molecule has 0 heterocycles. The van der Waals surface area contributed by atoms with Crippen LogP contribution in [-0.4, -0.2) is 18.2 Å². The van der Waals surface area contributed by atoms with E-state index in [0.717, 1.165) is 19.3 Å². The van der Waals surface area contributed by atoms with Gasteiger partial charge >= 0.3 is 5.37 Å². The molecule has 0 spiro atoms. The number of hydrogen-bond acceptors (Lipinski definition) is 2. The Morgan fingerprint density at radius 1 is 1.69 bits per heavy atom. The van der Waals surface area contributed by atoms with Crippen LogP contribution in [0.5, 0.6) is 0 Å². The average Bonchev–Trinajstić information content (AvgIpc) is 2.09. The lowest BCUT2D eigenvalue weighted by Crippen LogP contribution is -2.31. The molecule has 1 N–H and O–H groups in total. The Kier molecular flexibility index (Phi) is 7.74. The van der Waals surface area contributed by atoms with Crippen molar-refractivity contribution in [3.63, 3.8) is 0 Å². The molecule has 13 heavy (non-hydrogen) atoms. The van der Waals surface area contributed by atoms with Gasteiger partial charge in [-0.2, -0.15) is 0 Å². The van der Waals surface area contributed by atoms with Crippen LogP contribution in [0.3, 0.4) is 0 Å². The van der Waals surface area contributed by atoms with Crippen LogP contribution in [0.2, 0.25) is 0 Å². The maximum atomic E-state index is 10.4. The number of halogens is 1. The van der Waals surface area contributed by atoms with Crippen molar-refractivity contribution in [2.24, 2.45) is 0 Å². The zero-order chi connectivity index (χ0) is 10.1. The first-order valence-electron chi connectivity index (χ1n) is 4.40. The van der Waals surface area contributed by atoms with Crippen LogP contribution >= 0.6 is 11.6 Å². The topological polar surface area (TPSA) is 38.3 Å². The maximum absolute atomic E-state index is 10.4. The Hall–Kier alpha value is -0.540. The van der Waals surface area contributed by atoms with Gasteiger partial charge in [0.05, 0.1) is 0 Å². The number of hydrogen-bond donors (Lipinski definition) is 1. The summed E-state index contributed by atoms with van der Waals surface area (Å²) in [7, 11) is 0. The highest BCUT2D eigenvalue weighted by molar-refractivity contribution is 6.62. The molecule has 76 valence electrons. The molecule has 0 aliphatic carbocycles. The summed E-state index contributed by atoms with van der Waals surface area (Å²) in [5.41, 5.74) is 0. The molecular formula is C9H16ClNO2. The van der Waals surface area contributed by atoms with Gasteiger partial charge in [-0.15, -0.1) is 0 Å². The Morgan fingerprint density at radius 3 is 2.85 bits per heavy atom. The number of carbonyl (C=O) groups is 1. The second-order valence-electron chi connectivity index (χ2n) is 2.65. The minimum absolute atomic E-state index is 0.471. The van der Waals surface area contributed by atoms with E-state index in [1.54, 1.807) is 0 Å². The lowest BCUT2D eigenvalue weighted by molar-refractivity contribution is 0.0690. The smallest absolute Gasteiger partial charge is 0.316 e. The fourth-order valence-electron chi connectivity index (χ4n) is 0.843. The molecule has 0 rings (SSSR count). The Morgan fingerprint density at radius 2 is 2.38 bits per heavy atom. The molecule has 0 bridgehead atoms. The van der Waals surface area contributed by atoms with E-state index in [2.05, 4.69) is 18.8 Å². The van der Waals surface area contributed by atoms with E-state index in [-0.39, 0.29) is 0 Å². The molecule has 1 atom stereocenters. The van der Waals surface area contributed by atoms with Gasteiger partial charge in [-0.05, 0) is 24.1 Å². The monoisotopic (exact) mass is 205 g/mol. The summed E-state index contributed by atoms with van der Waals surface area (Å²) in [4.78, 5) is 10.4. The molecular weight excluding hydrogens is 190 g/mol. The number of nitrogens with one attached hydrogen (secondary N) is 1. The Balaban J connectivity index is 3.48. The van der Waals surface area contributed by atoms with E-state index < -0.39 is 11.6 Å². The summed E-state index contributed by atoms with van der Waals surface area (Å²) in [5, 5.41) is 1.77. The molecule has 0 aromatic carbocycles. The van der Waals surface area contributed by atoms with Gasteiger partial charge < -0.3 is 10.1 Å². The van der Waals surface area contributed by atoms with Gasteiger partial charge in [0.1, 0.15) is 6.23 Å². The summed E-state index contributed by atoms with van der Waals surface area (Å²) in [6, 6.07) is 0. The van der Waals surface area contributed by atoms with Crippen molar-refractivity contribution in [2.45, 2.75) is 32.4 Å². The summed E-state index contributed by atoms with van der Waals surface area (Å²) >= 11 is 5.11. The molecule has 4 heteroatoms. The second-order valence-corrected chi connectivity index (χ2v) is 3.00. The third-order valence-electron chi connectivity index (χ3n) is 1.52. The molecule has 1 unspecified atom stereocenters. The molecule has 0 aliphatic rings. The lowest BCUT2D eigenvalue weighted by atomic mass is 10.3. The molecule has 0 saturated heterocycles. The van der Waals surface area contributed by atoms with Gasteiger partial charge in [-0.1, -0.05) is 26.3 Å². The van der Waals surface area contributed by atoms with E-state index in [9.17, 15) is 4.79 Å². The SMILES string of the molecule is C=CC(NC(=O)Cl)OCCCCC. The number of unbranched alkanes of at least 4 members (excludes halogenated alkanes) is 2. The zero-order valence-electron chi connectivity index (χ0n) is 7.88. The fraction of sp³-hybridized carbons (Fsp3) is 0.667. The third-order valence-corrected chi connectivity index (χ3v) is 1.62. The summed E-state index contributed by atoms with van der Waals surface area (Å²) < 4.78 is 5.27. The number of ether oxygens (including phenoxy) is 1. The summed E-state index contributed by atoms with van der Waals surface area (Å²) in [6.07, 6.45) is 4.29. The van der Waals surface area contributed by atoms with Crippen LogP contribution in [0, 0.1) is 0 Å². The molecule has 0 aliphatic heterocycles. The highest BCUT2D eigenvalue weighted by Crippen LogP contribution is 1.97. The first kappa shape index (κ1) is 12.5. The lowest BCUT2D eigenvalue weighted by Gasteiger charge is -2.13. The quantitative estimate of drug-likeness (QED) is 0.228. The van der Waals surface area contributed by atoms with Crippen molar-refractivity contribution < 1.29 is 9.53 Å². The van der Waals surface area contributed by atoms with E-state index >= 15 is 0 Å². The van der Waals surface area contributed by atoms with Crippen molar-refractivity contribution in [1.29, 1.82) is 0 Å². The predicted molar refractivity (Wildman–Crippen MR) is 53.8 cm³/mol. The minimum Gasteiger partial charge on any atom is -0.355 e. The van der Waals surface area contributed by atoms with E-state index in [1.807, 2.05) is 0 Å². The van der Waals surface area contributed by atoms with Crippen LogP contribution < -0.4 is 5.32 Å². The highest BCUT2D eigenvalue weighted by Gasteiger charge is 2.05. The molecule has 0 saturated carbocycles. The molecule has 1 amide bonds. The zero-order valence-corrected chi connectivity index (χ0v) is 8.64. The van der Waals surface area contributed by atoms with Gasteiger partial charge in [-0.25, -0.2) is 0 Å². The van der Waals surface area contributed by atoms with Crippen LogP contribution in [-0.2, 0) is 4.74 Å². The normalized spacial score (nSPS) is 12.2. The Labute approximate surface area is 84.1 Å². The molecule has 0 radical (unpaired) electrons. The van der Waals surface area contributed by atoms with Crippen molar-refractivity contribution in [2.75, 3.05) is 6.61 Å². The number of amides is 1. The standard InChI is InChI=1S/C9H16ClNO2/c1-3-5-6-7-13-8(4-2)11-9(10)12/h4,8H,2-3,5-7H2,1H3,(H,11,12). The number of carbonyl (C=O) groups excluding carboxylic acids is 1. The minimum atomic E-state index is -0.625. The third kappa shape index (κ3) is 7.81. The molecule has 0 aromatic rings. The van der Waals surface area contributed by atoms with Crippen molar-refractivity contribution in [1.82, 2.24) is 5.32 Å². The molecule has 0 aromatic heterocycles. The summed E-state index contributed by atoms with van der Waals surface area (Å²) in [5.74, 6) is 0. The van der Waals surface area contributed by atoms with Gasteiger partial charge in [0.15, 0.2) is 0 Å². The maximum Gasteiger partial charge on any atom is 0.316 e. The Bertz CT molecular complexity index is 162. The first-order valence-corrected chi connectivity index (χ1v) is 4.78. The second kappa shape index (κ2) is 8.08. The first-order chi connectivity index (χ1) is 6.20. The predicted octanol–water partition coefficient (Wildman–Crippen LogP) is 2.65. The van der Waals surface area contributed by atoms with Crippen molar-refractivity contribution in [3.05, 3.63) is 12.7 Å². The van der Waals surface area contributed by atoms with Crippen molar-refractivity contribution in [3.8, 4) is 0 Å². The van der Waals surface area contributed by atoms with Crippen LogP contribution in [0.25, 0.3) is 0 Å². The van der Waals surface area contributed by atoms with Gasteiger partial charge in [-0.3, -0.25) is 4.79 Å². The van der Waals surface area contributed by atoms with E-state index in [1.165, 1.54) is 6.08 Å². The van der Waals surface area contributed by atoms with E-state index in [4.69, 9.17) is 16.3 Å². The molecule has 3 nitrogen and oxygen atoms in total. The van der Waals surface area contributed by atoms with Crippen molar-refractivity contribution >= 4 is 17.0 Å². The largest absolute Gasteiger partial charge is 0.355 e. The van der Waals surface area contributed by atoms with Gasteiger partial charge in [0.2, 0.25) is 0 Å². The van der Waals surface area contributed by atoms with Gasteiger partial charge in [0.25, 0.3) is 0 Å². The van der Waals surface area contributed by atoms with E-state index in [0.29, 0.717) is 6.61 Å². The van der Waals surface area contributed by atoms with Crippen LogP contribution in [0.4, 0.5) is 4.79 Å². The summed E-state index contributed by atoms with van der Waals surface area (Å²) in [6.45, 7) is 6.24. The molecule has 0 fully saturated rings. The average molecular weight is 206 g/mol.